The van der Waals surface area contributed by atoms with Gasteiger partial charge in [-0.05, 0) is 114 Å². The van der Waals surface area contributed by atoms with Crippen molar-refractivity contribution in [2.24, 2.45) is 10.9 Å². The lowest BCUT2D eigenvalue weighted by molar-refractivity contribution is 0.337. The maximum atomic E-state index is 5.39. The van der Waals surface area contributed by atoms with E-state index in [0.717, 1.165) is 58.3 Å². The minimum Gasteiger partial charge on any atom is -0.345 e. The van der Waals surface area contributed by atoms with Crippen LogP contribution in [0.4, 0.5) is 0 Å². The first kappa shape index (κ1) is 25.0. The maximum Gasteiger partial charge on any atom is 0.107 e. The fourth-order valence-electron chi connectivity index (χ4n) is 6.05. The van der Waals surface area contributed by atoms with E-state index in [2.05, 4.69) is 90.7 Å². The summed E-state index contributed by atoms with van der Waals surface area (Å²) < 4.78 is 0. The quantitative estimate of drug-likeness (QED) is 0.572. The van der Waals surface area contributed by atoms with E-state index in [0.29, 0.717) is 0 Å². The summed E-state index contributed by atoms with van der Waals surface area (Å²) in [6.07, 6.45) is 15.2. The standard InChI is InChI=1S/C31H43N5/c1-34(2)18-9-17-32-31-26-13-7-8-14-29(26)33-30-22-28(31)27-21-24(36(30)20-10-19-35(3)4)16-15-23-11-5-6-12-25(23)27/h5-6,11-12,15-16,22,28,33H,7-10,13-14,17-21H2,1-4H3. The second-order valence-corrected chi connectivity index (χ2v) is 11.2. The van der Waals surface area contributed by atoms with Crippen LogP contribution in [0.1, 0.15) is 44.9 Å². The van der Waals surface area contributed by atoms with Gasteiger partial charge in [-0.3, -0.25) is 4.99 Å². The number of benzene rings is 1. The van der Waals surface area contributed by atoms with Crippen LogP contribution >= 0.6 is 0 Å². The van der Waals surface area contributed by atoms with Crippen LogP contribution in [0.25, 0.3) is 11.6 Å². The smallest absolute Gasteiger partial charge is 0.107 e. The fraction of sp³-hybridized carbons (Fsp3) is 0.516. The SMILES string of the molecule is CN(C)CCCN=C1C2=C(CCCC2)NC2=CC1C1=c3ccccc3=CC=C(C1)N2CCCN(C)C. The van der Waals surface area contributed by atoms with E-state index in [1.54, 1.807) is 0 Å². The van der Waals surface area contributed by atoms with Crippen molar-refractivity contribution in [3.8, 4) is 0 Å². The molecule has 0 radical (unpaired) electrons. The zero-order chi connectivity index (χ0) is 25.1. The number of rotatable bonds is 8. The van der Waals surface area contributed by atoms with Crippen LogP contribution in [0, 0.1) is 5.92 Å². The number of nitrogens with one attached hydrogen (secondary N) is 1. The first-order valence-electron chi connectivity index (χ1n) is 13.8. The van der Waals surface area contributed by atoms with Gasteiger partial charge in [0.15, 0.2) is 0 Å². The van der Waals surface area contributed by atoms with Gasteiger partial charge in [-0.15, -0.1) is 0 Å². The molecule has 2 heterocycles. The Morgan fingerprint density at radius 1 is 0.972 bits per heavy atom. The van der Waals surface area contributed by atoms with Crippen LogP contribution in [-0.2, 0) is 0 Å². The van der Waals surface area contributed by atoms with Crippen LogP contribution in [0.3, 0.4) is 0 Å². The van der Waals surface area contributed by atoms with Crippen molar-refractivity contribution in [3.63, 3.8) is 0 Å². The Bertz CT molecular complexity index is 1210. The molecule has 5 rings (SSSR count). The molecule has 1 atom stereocenters. The predicted molar refractivity (Wildman–Crippen MR) is 152 cm³/mol. The number of allylic oxidation sites excluding steroid dienone is 5. The Hall–Kier alpha value is -2.63. The second-order valence-electron chi connectivity index (χ2n) is 11.2. The van der Waals surface area contributed by atoms with Gasteiger partial charge >= 0.3 is 0 Å². The van der Waals surface area contributed by atoms with E-state index >= 15 is 0 Å². The van der Waals surface area contributed by atoms with Gasteiger partial charge in [0.1, 0.15) is 5.82 Å². The molecule has 2 aliphatic carbocycles. The number of nitrogens with zero attached hydrogens (tertiary/aromatic N) is 4. The molecule has 5 heteroatoms. The number of hydrogen-bond acceptors (Lipinski definition) is 5. The summed E-state index contributed by atoms with van der Waals surface area (Å²) in [6.45, 7) is 4.08. The Kier molecular flexibility index (Phi) is 7.78. The van der Waals surface area contributed by atoms with E-state index in [1.165, 1.54) is 57.4 Å². The summed E-state index contributed by atoms with van der Waals surface area (Å²) in [6, 6.07) is 8.96. The predicted octanol–water partition coefficient (Wildman–Crippen LogP) is 3.45. The molecule has 192 valence electrons. The lowest BCUT2D eigenvalue weighted by Crippen LogP contribution is -2.34. The van der Waals surface area contributed by atoms with Gasteiger partial charge in [0, 0.05) is 36.8 Å². The van der Waals surface area contributed by atoms with Gasteiger partial charge in [-0.25, -0.2) is 0 Å². The zero-order valence-corrected chi connectivity index (χ0v) is 22.7. The number of aliphatic imine (C=N–C) groups is 1. The van der Waals surface area contributed by atoms with Crippen LogP contribution in [0.15, 0.2) is 64.2 Å². The van der Waals surface area contributed by atoms with Crippen molar-refractivity contribution in [3.05, 3.63) is 69.6 Å². The van der Waals surface area contributed by atoms with E-state index in [9.17, 15) is 0 Å². The van der Waals surface area contributed by atoms with Crippen molar-refractivity contribution < 1.29 is 0 Å². The molecule has 0 saturated heterocycles. The van der Waals surface area contributed by atoms with Crippen LogP contribution in [-0.4, -0.2) is 74.8 Å². The minimum absolute atomic E-state index is 0.215. The molecule has 1 unspecified atom stereocenters. The first-order chi connectivity index (χ1) is 17.5. The third-order valence-corrected chi connectivity index (χ3v) is 7.85. The highest BCUT2D eigenvalue weighted by Crippen LogP contribution is 2.39. The lowest BCUT2D eigenvalue weighted by Gasteiger charge is -2.32. The number of hydrogen-bond donors (Lipinski definition) is 1. The lowest BCUT2D eigenvalue weighted by atomic mass is 9.82. The highest BCUT2D eigenvalue weighted by atomic mass is 15.3. The molecule has 0 spiro atoms. The molecule has 1 N–H and O–H groups in total. The molecular weight excluding hydrogens is 442 g/mol. The van der Waals surface area contributed by atoms with Gasteiger partial charge in [0.05, 0.1) is 5.71 Å². The van der Waals surface area contributed by atoms with Gasteiger partial charge in [0.2, 0.25) is 0 Å². The molecule has 4 aliphatic rings. The normalized spacial score (nSPS) is 22.3. The molecule has 0 aromatic heterocycles. The summed E-state index contributed by atoms with van der Waals surface area (Å²) in [5, 5.41) is 6.69. The average Bonchev–Trinajstić information content (AvgIpc) is 3.21. The Labute approximate surface area is 217 Å². The fourth-order valence-corrected chi connectivity index (χ4v) is 6.05. The highest BCUT2D eigenvalue weighted by molar-refractivity contribution is 6.09. The van der Waals surface area contributed by atoms with Gasteiger partial charge in [0.25, 0.3) is 0 Å². The molecule has 5 nitrogen and oxygen atoms in total. The van der Waals surface area contributed by atoms with Crippen molar-refractivity contribution in [1.82, 2.24) is 20.0 Å². The summed E-state index contributed by atoms with van der Waals surface area (Å²) in [5.74, 6) is 1.48. The van der Waals surface area contributed by atoms with Crippen LogP contribution in [0.5, 0.6) is 0 Å². The topological polar surface area (TPSA) is 34.1 Å². The second kappa shape index (κ2) is 11.2. The van der Waals surface area contributed by atoms with E-state index in [4.69, 9.17) is 4.99 Å². The third kappa shape index (κ3) is 5.37. The molecule has 4 bridgehead atoms. The van der Waals surface area contributed by atoms with Gasteiger partial charge in [-0.1, -0.05) is 30.3 Å². The summed E-state index contributed by atoms with van der Waals surface area (Å²) in [4.78, 5) is 12.5. The third-order valence-electron chi connectivity index (χ3n) is 7.85. The Morgan fingerprint density at radius 2 is 1.75 bits per heavy atom. The van der Waals surface area contributed by atoms with Crippen molar-refractivity contribution in [2.45, 2.75) is 44.9 Å². The van der Waals surface area contributed by atoms with E-state index in [-0.39, 0.29) is 5.92 Å². The van der Waals surface area contributed by atoms with Crippen molar-refractivity contribution in [1.29, 1.82) is 0 Å². The van der Waals surface area contributed by atoms with Crippen molar-refractivity contribution >= 4 is 17.4 Å². The molecule has 0 saturated carbocycles. The van der Waals surface area contributed by atoms with Gasteiger partial charge in [-0.2, -0.15) is 0 Å². The Balaban J connectivity index is 1.65. The maximum absolute atomic E-state index is 5.39. The van der Waals surface area contributed by atoms with E-state index in [1.807, 2.05) is 0 Å². The molecule has 1 aromatic rings. The van der Waals surface area contributed by atoms with Crippen LogP contribution < -0.4 is 15.8 Å². The highest BCUT2D eigenvalue weighted by Gasteiger charge is 2.35. The summed E-state index contributed by atoms with van der Waals surface area (Å²) in [7, 11) is 8.64. The zero-order valence-electron chi connectivity index (χ0n) is 22.7. The number of fused-ring (bicyclic) bond motifs is 5. The first-order valence-corrected chi connectivity index (χ1v) is 13.8. The largest absolute Gasteiger partial charge is 0.345 e. The molecule has 1 aromatic carbocycles. The minimum atomic E-state index is 0.215. The molecule has 2 aliphatic heterocycles. The Morgan fingerprint density at radius 3 is 2.58 bits per heavy atom. The van der Waals surface area contributed by atoms with E-state index < -0.39 is 0 Å². The molecule has 36 heavy (non-hydrogen) atoms. The van der Waals surface area contributed by atoms with Gasteiger partial charge < -0.3 is 20.0 Å². The van der Waals surface area contributed by atoms with Crippen LogP contribution in [0.2, 0.25) is 0 Å². The summed E-state index contributed by atoms with van der Waals surface area (Å²) in [5.41, 5.74) is 7.13. The van der Waals surface area contributed by atoms with Crippen molar-refractivity contribution in [2.75, 3.05) is 54.4 Å². The molecular formula is C31H43N5. The molecule has 0 fully saturated rings. The average molecular weight is 486 g/mol. The monoisotopic (exact) mass is 485 g/mol. The summed E-state index contributed by atoms with van der Waals surface area (Å²) >= 11 is 0. The molecule has 0 amide bonds.